The highest BCUT2D eigenvalue weighted by Crippen LogP contribution is 2.41. The quantitative estimate of drug-likeness (QED) is 0.103. The van der Waals surface area contributed by atoms with Crippen LogP contribution in [0.5, 0.6) is 0 Å². The lowest BCUT2D eigenvalue weighted by atomic mass is 9.73. The van der Waals surface area contributed by atoms with E-state index in [1.54, 1.807) is 18.2 Å². The van der Waals surface area contributed by atoms with Gasteiger partial charge in [0.25, 0.3) is 0 Å². The van der Waals surface area contributed by atoms with E-state index in [0.29, 0.717) is 67.3 Å². The Balaban J connectivity index is 0.000000142. The molecule has 4 saturated heterocycles. The van der Waals surface area contributed by atoms with Crippen LogP contribution in [0.25, 0.3) is 44.3 Å². The molecular weight excluding hydrogens is 982 g/mol. The molecule has 4 fully saturated rings. The number of halogens is 5. The number of imidazole rings is 2. The molecule has 4 aliphatic heterocycles. The first-order valence-corrected chi connectivity index (χ1v) is 25.6. The molecule has 20 heteroatoms. The summed E-state index contributed by atoms with van der Waals surface area (Å²) in [6.07, 6.45) is 9.94. The number of nitrogens with two attached hydrogens (primary N) is 1. The Morgan fingerprint density at radius 3 is 1.41 bits per heavy atom. The van der Waals surface area contributed by atoms with Gasteiger partial charge < -0.3 is 24.7 Å². The molecule has 15 nitrogen and oxygen atoms in total. The number of nitrogen functional groups attached to an aromatic ring is 1. The Kier molecular flexibility index (Phi) is 14.2. The number of rotatable bonds is 10. The van der Waals surface area contributed by atoms with Crippen molar-refractivity contribution in [1.29, 1.82) is 0 Å². The molecule has 4 aliphatic rings. The van der Waals surface area contributed by atoms with E-state index in [1.165, 1.54) is 63.7 Å². The number of pyridine rings is 2. The molecular formula is C55H62ClF4N15. The van der Waals surface area contributed by atoms with Crippen molar-refractivity contribution in [2.45, 2.75) is 73.1 Å². The number of aromatic nitrogens is 10. The van der Waals surface area contributed by atoms with Crippen molar-refractivity contribution >= 4 is 39.5 Å². The molecule has 2 aromatic carbocycles. The summed E-state index contributed by atoms with van der Waals surface area (Å²) in [5, 5.41) is 0.324. The summed E-state index contributed by atoms with van der Waals surface area (Å²) in [6.45, 7) is 23.0. The van der Waals surface area contributed by atoms with Gasteiger partial charge in [0.1, 0.15) is 46.0 Å². The number of likely N-dealkylation sites (tertiary alicyclic amines) is 4. The first-order valence-electron chi connectivity index (χ1n) is 25.2. The average molecular weight is 1040 g/mol. The molecule has 0 saturated carbocycles. The fraction of sp³-hybridized carbons (Fsp3) is 0.418. The number of aryl methyl sites for hydroxylation is 2. The lowest BCUT2D eigenvalue weighted by Gasteiger charge is -2.59. The van der Waals surface area contributed by atoms with Gasteiger partial charge in [-0.25, -0.2) is 52.4 Å². The maximum atomic E-state index is 15.0. The lowest BCUT2D eigenvalue weighted by Crippen LogP contribution is -2.70. The second-order valence-electron chi connectivity index (χ2n) is 21.8. The SMILES string of the molecule is CN1CC2(C1)CN(Cc1cnc(Cl)nc1)C2.Cc1nc2c(F)cc(-c3cc(Cc4ncc(CN5CC6(CN(C)C6)C5)cn4)ncc3F)cc2n1C(C)C.Cc1nc2c(F)cc(-c3cc(N)ncc3F)cc2n1C(C)C. The molecule has 0 aliphatic carbocycles. The molecule has 0 amide bonds. The summed E-state index contributed by atoms with van der Waals surface area (Å²) < 4.78 is 62.1. The zero-order chi connectivity index (χ0) is 53.1. The standard InChI is InChI=1S/C28H31F2N7.C16H16F2N4.C11H15ClN4/c1-17(2)37-18(3)34-27-23(29)5-20(6-25(27)37)22-7-21(31-11-24(22)30)8-26-32-9-19(10-33-26)12-36-15-28(16-36)13-35(4)14-28;1-8(2)22-9(3)21-16-12(17)4-10(5-14(16)22)11-6-15(19)20-7-13(11)18;1-15-5-11(6-15)7-16(8-11)4-9-2-13-10(12)14-3-9/h5-7,9-11,17H,8,12-16H2,1-4H3;4-8H,1-3H3,(H2,19,20);2-3H,4-8H2,1H3. The summed E-state index contributed by atoms with van der Waals surface area (Å²) in [6, 6.07) is 9.42. The molecule has 12 rings (SSSR count). The van der Waals surface area contributed by atoms with Crippen LogP contribution in [-0.4, -0.2) is 135 Å². The summed E-state index contributed by atoms with van der Waals surface area (Å²) in [4.78, 5) is 43.2. The van der Waals surface area contributed by atoms with Crippen LogP contribution in [0.4, 0.5) is 23.4 Å². The van der Waals surface area contributed by atoms with Crippen molar-refractivity contribution in [2.24, 2.45) is 10.8 Å². The Morgan fingerprint density at radius 1 is 0.547 bits per heavy atom. The third-order valence-corrected chi connectivity index (χ3v) is 14.7. The number of benzene rings is 2. The molecule has 0 atom stereocenters. The van der Waals surface area contributed by atoms with Gasteiger partial charge in [-0.05, 0) is 115 Å². The first kappa shape index (κ1) is 52.0. The zero-order valence-corrected chi connectivity index (χ0v) is 44.3. The van der Waals surface area contributed by atoms with E-state index in [2.05, 4.69) is 73.6 Å². The minimum atomic E-state index is -0.541. The second kappa shape index (κ2) is 20.6. The lowest BCUT2D eigenvalue weighted by molar-refractivity contribution is -0.108. The number of anilines is 1. The minimum absolute atomic E-state index is 0.0970. The smallest absolute Gasteiger partial charge is 0.222 e. The van der Waals surface area contributed by atoms with Gasteiger partial charge in [-0.1, -0.05) is 0 Å². The van der Waals surface area contributed by atoms with Crippen LogP contribution in [0.2, 0.25) is 5.28 Å². The van der Waals surface area contributed by atoms with Crippen LogP contribution < -0.4 is 5.73 Å². The molecule has 392 valence electrons. The second-order valence-corrected chi connectivity index (χ2v) is 22.2. The topological polar surface area (TPSA) is 152 Å². The number of fused-ring (bicyclic) bond motifs is 2. The van der Waals surface area contributed by atoms with E-state index < -0.39 is 23.3 Å². The van der Waals surface area contributed by atoms with E-state index in [1.807, 2.05) is 75.5 Å². The average Bonchev–Trinajstić information content (AvgIpc) is 3.86. The van der Waals surface area contributed by atoms with Gasteiger partial charge in [0.15, 0.2) is 11.6 Å². The van der Waals surface area contributed by atoms with E-state index in [-0.39, 0.29) is 29.0 Å². The Morgan fingerprint density at radius 2 is 0.973 bits per heavy atom. The zero-order valence-electron chi connectivity index (χ0n) is 43.6. The van der Waals surface area contributed by atoms with Crippen molar-refractivity contribution in [3.05, 3.63) is 136 Å². The highest BCUT2D eigenvalue weighted by Gasteiger charge is 2.51. The fourth-order valence-electron chi connectivity index (χ4n) is 11.9. The van der Waals surface area contributed by atoms with Crippen molar-refractivity contribution in [3.8, 4) is 22.3 Å². The fourth-order valence-corrected chi connectivity index (χ4v) is 12.0. The van der Waals surface area contributed by atoms with Gasteiger partial charge in [0.2, 0.25) is 5.28 Å². The molecule has 8 aromatic rings. The van der Waals surface area contributed by atoms with Crippen LogP contribution in [-0.2, 0) is 19.5 Å². The predicted octanol–water partition coefficient (Wildman–Crippen LogP) is 9.12. The first-order chi connectivity index (χ1) is 35.7. The minimum Gasteiger partial charge on any atom is -0.384 e. The molecule has 0 bridgehead atoms. The Bertz CT molecular complexity index is 3370. The van der Waals surface area contributed by atoms with Crippen LogP contribution in [0.1, 0.15) is 74.1 Å². The van der Waals surface area contributed by atoms with Crippen molar-refractivity contribution in [1.82, 2.24) is 68.6 Å². The maximum Gasteiger partial charge on any atom is 0.222 e. The molecule has 6 aromatic heterocycles. The number of hydrogen-bond donors (Lipinski definition) is 1. The van der Waals surface area contributed by atoms with Gasteiger partial charge >= 0.3 is 0 Å². The normalized spacial score (nSPS) is 17.2. The monoisotopic (exact) mass is 1040 g/mol. The summed E-state index contributed by atoms with van der Waals surface area (Å²) >= 11 is 5.65. The molecule has 75 heavy (non-hydrogen) atoms. The Labute approximate surface area is 438 Å². The summed E-state index contributed by atoms with van der Waals surface area (Å²) in [5.74, 6) is 0.248. The third-order valence-electron chi connectivity index (χ3n) is 14.5. The summed E-state index contributed by atoms with van der Waals surface area (Å²) in [7, 11) is 4.35. The third kappa shape index (κ3) is 10.8. The van der Waals surface area contributed by atoms with Gasteiger partial charge in [-0.2, -0.15) is 0 Å². The molecule has 0 radical (unpaired) electrons. The van der Waals surface area contributed by atoms with E-state index >= 15 is 0 Å². The van der Waals surface area contributed by atoms with E-state index in [4.69, 9.17) is 17.3 Å². The van der Waals surface area contributed by atoms with Gasteiger partial charge in [-0.3, -0.25) is 14.8 Å². The van der Waals surface area contributed by atoms with E-state index in [9.17, 15) is 17.6 Å². The number of hydrogen-bond acceptors (Lipinski definition) is 13. The molecule has 2 spiro atoms. The van der Waals surface area contributed by atoms with Crippen molar-refractivity contribution in [2.75, 3.05) is 72.2 Å². The molecule has 2 N–H and O–H groups in total. The van der Waals surface area contributed by atoms with Crippen LogP contribution in [0, 0.1) is 47.9 Å². The Hall–Kier alpha value is -6.51. The highest BCUT2D eigenvalue weighted by atomic mass is 35.5. The van der Waals surface area contributed by atoms with Crippen molar-refractivity contribution < 1.29 is 17.6 Å². The molecule has 10 heterocycles. The summed E-state index contributed by atoms with van der Waals surface area (Å²) in [5.41, 5.74) is 12.8. The largest absolute Gasteiger partial charge is 0.384 e. The predicted molar refractivity (Wildman–Crippen MR) is 283 cm³/mol. The van der Waals surface area contributed by atoms with Crippen LogP contribution in [0.15, 0.2) is 73.6 Å². The van der Waals surface area contributed by atoms with Gasteiger partial charge in [0, 0.05) is 141 Å². The van der Waals surface area contributed by atoms with Crippen LogP contribution in [0.3, 0.4) is 0 Å². The van der Waals surface area contributed by atoms with Gasteiger partial charge in [-0.15, -0.1) is 0 Å². The highest BCUT2D eigenvalue weighted by molar-refractivity contribution is 6.28. The maximum absolute atomic E-state index is 15.0. The van der Waals surface area contributed by atoms with Crippen LogP contribution >= 0.6 is 11.6 Å². The van der Waals surface area contributed by atoms with E-state index in [0.717, 1.165) is 55.2 Å². The van der Waals surface area contributed by atoms with Gasteiger partial charge in [0.05, 0.1) is 29.8 Å². The van der Waals surface area contributed by atoms with Crippen molar-refractivity contribution in [3.63, 3.8) is 0 Å². The molecule has 0 unspecified atom stereocenters. The number of nitrogens with zero attached hydrogens (tertiary/aromatic N) is 14.